The van der Waals surface area contributed by atoms with Gasteiger partial charge in [-0.1, -0.05) is 63.4 Å². The summed E-state index contributed by atoms with van der Waals surface area (Å²) >= 11 is 0. The van der Waals surface area contributed by atoms with Gasteiger partial charge in [0.1, 0.15) is 5.70 Å². The first-order valence-corrected chi connectivity index (χ1v) is 10.4. The second kappa shape index (κ2) is 10.3. The molecular formula is C22H34N4O2. The largest absolute Gasteiger partial charge is 0.339 e. The minimum Gasteiger partial charge on any atom is -0.339 e. The van der Waals surface area contributed by atoms with E-state index >= 15 is 0 Å². The molecule has 2 aliphatic heterocycles. The lowest BCUT2D eigenvalue weighted by Gasteiger charge is -2.41. The Balaban J connectivity index is 0.00000136. The molecule has 0 radical (unpaired) electrons. The number of carbonyl (C=O) groups is 2. The Morgan fingerprint density at radius 1 is 1.25 bits per heavy atom. The fraction of sp³-hybridized carbons (Fsp3) is 0.545. The number of rotatable bonds is 6. The van der Waals surface area contributed by atoms with Crippen molar-refractivity contribution >= 4 is 11.8 Å². The lowest BCUT2D eigenvalue weighted by Crippen LogP contribution is -2.58. The van der Waals surface area contributed by atoms with Crippen molar-refractivity contribution in [3.05, 3.63) is 47.2 Å². The molecule has 2 heterocycles. The number of carbonyl (C=O) groups excluding carboxylic acids is 2. The van der Waals surface area contributed by atoms with Crippen LogP contribution in [0.25, 0.3) is 0 Å². The van der Waals surface area contributed by atoms with Gasteiger partial charge < -0.3 is 10.2 Å². The minimum absolute atomic E-state index is 0.000562. The van der Waals surface area contributed by atoms with Crippen LogP contribution in [0.5, 0.6) is 0 Å². The molecule has 1 saturated heterocycles. The van der Waals surface area contributed by atoms with Gasteiger partial charge in [-0.2, -0.15) is 0 Å². The van der Waals surface area contributed by atoms with Crippen LogP contribution in [0.3, 0.4) is 0 Å². The molecule has 6 heteroatoms. The van der Waals surface area contributed by atoms with Crippen LogP contribution in [0.15, 0.2) is 36.0 Å². The van der Waals surface area contributed by atoms with Gasteiger partial charge in [0.05, 0.1) is 18.8 Å². The van der Waals surface area contributed by atoms with Crippen LogP contribution in [-0.2, 0) is 9.59 Å². The van der Waals surface area contributed by atoms with Crippen molar-refractivity contribution in [1.29, 1.82) is 0 Å². The fourth-order valence-electron chi connectivity index (χ4n) is 3.50. The number of hydrogen-bond donors (Lipinski definition) is 2. The molecule has 2 amide bonds. The van der Waals surface area contributed by atoms with E-state index in [0.29, 0.717) is 12.2 Å². The zero-order valence-corrected chi connectivity index (χ0v) is 17.8. The van der Waals surface area contributed by atoms with Crippen LogP contribution in [0.4, 0.5) is 0 Å². The van der Waals surface area contributed by atoms with E-state index in [9.17, 15) is 9.59 Å². The summed E-state index contributed by atoms with van der Waals surface area (Å²) in [4.78, 5) is 25.9. The summed E-state index contributed by atoms with van der Waals surface area (Å²) in [5.41, 5.74) is 6.56. The van der Waals surface area contributed by atoms with Gasteiger partial charge in [0, 0.05) is 13.5 Å². The zero-order valence-electron chi connectivity index (χ0n) is 17.8. The second-order valence-corrected chi connectivity index (χ2v) is 7.15. The Bertz CT molecular complexity index is 699. The number of nitrogens with one attached hydrogen (secondary N) is 2. The molecule has 0 bridgehead atoms. The highest BCUT2D eigenvalue weighted by molar-refractivity contribution is 5.94. The SMILES string of the molecule is CC.CCCCC1CN(CNC(C)=O)C(=O)C2=CC(c3ccc(C)cc3)NN21. The Hall–Kier alpha value is -2.34. The molecule has 154 valence electrons. The molecule has 2 atom stereocenters. The molecule has 3 rings (SSSR count). The standard InChI is InChI=1S/C20H28N4O2.C2H6/c1-4-5-6-17-12-23(13-21-15(3)25)20(26)19-11-18(22-24(17)19)16-9-7-14(2)8-10-16;1-2/h7-11,17-18,22H,4-6,12-13H2,1-3H3,(H,21,25);1-2H3. The van der Waals surface area contributed by atoms with Crippen molar-refractivity contribution in [2.24, 2.45) is 0 Å². The van der Waals surface area contributed by atoms with E-state index < -0.39 is 0 Å². The number of aryl methyl sites for hydroxylation is 1. The summed E-state index contributed by atoms with van der Waals surface area (Å²) in [6, 6.07) is 8.59. The number of hydrazine groups is 1. The van der Waals surface area contributed by atoms with Crippen LogP contribution in [0.1, 0.15) is 64.1 Å². The summed E-state index contributed by atoms with van der Waals surface area (Å²) in [6.45, 7) is 10.6. The first-order valence-electron chi connectivity index (χ1n) is 10.4. The van der Waals surface area contributed by atoms with E-state index in [2.05, 4.69) is 48.9 Å². The third kappa shape index (κ3) is 5.13. The number of benzene rings is 1. The van der Waals surface area contributed by atoms with Gasteiger partial charge >= 0.3 is 0 Å². The monoisotopic (exact) mass is 386 g/mol. The highest BCUT2D eigenvalue weighted by atomic mass is 16.2. The molecule has 2 unspecified atom stereocenters. The number of hydrogen-bond acceptors (Lipinski definition) is 4. The maximum atomic E-state index is 12.9. The number of nitrogens with zero attached hydrogens (tertiary/aromatic N) is 2. The molecule has 0 spiro atoms. The van der Waals surface area contributed by atoms with Crippen LogP contribution >= 0.6 is 0 Å². The van der Waals surface area contributed by atoms with E-state index in [1.807, 2.05) is 24.9 Å². The van der Waals surface area contributed by atoms with Crippen LogP contribution in [-0.4, -0.2) is 41.0 Å². The molecule has 2 aliphatic rings. The zero-order chi connectivity index (χ0) is 20.7. The van der Waals surface area contributed by atoms with Crippen molar-refractivity contribution in [2.45, 2.75) is 66.0 Å². The summed E-state index contributed by atoms with van der Waals surface area (Å²) in [6.07, 6.45) is 5.23. The van der Waals surface area contributed by atoms with Crippen molar-refractivity contribution in [2.75, 3.05) is 13.2 Å². The number of amides is 2. The maximum Gasteiger partial charge on any atom is 0.272 e. The average molecular weight is 387 g/mol. The van der Waals surface area contributed by atoms with E-state index in [1.165, 1.54) is 12.5 Å². The van der Waals surface area contributed by atoms with Crippen molar-refractivity contribution in [3.63, 3.8) is 0 Å². The van der Waals surface area contributed by atoms with E-state index in [1.54, 1.807) is 4.90 Å². The van der Waals surface area contributed by atoms with Crippen molar-refractivity contribution in [3.8, 4) is 0 Å². The third-order valence-electron chi connectivity index (χ3n) is 5.01. The summed E-state index contributed by atoms with van der Waals surface area (Å²) in [5.74, 6) is -0.157. The molecule has 28 heavy (non-hydrogen) atoms. The summed E-state index contributed by atoms with van der Waals surface area (Å²) in [5, 5.41) is 4.80. The van der Waals surface area contributed by atoms with Crippen LogP contribution in [0, 0.1) is 6.92 Å². The summed E-state index contributed by atoms with van der Waals surface area (Å²) in [7, 11) is 0. The van der Waals surface area contributed by atoms with Gasteiger partial charge in [0.25, 0.3) is 5.91 Å². The minimum atomic E-state index is -0.124. The summed E-state index contributed by atoms with van der Waals surface area (Å²) < 4.78 is 0. The highest BCUT2D eigenvalue weighted by Crippen LogP contribution is 2.31. The van der Waals surface area contributed by atoms with Gasteiger partial charge in [-0.25, -0.2) is 5.43 Å². The number of unbranched alkanes of at least 4 members (excludes halogenated alkanes) is 1. The molecule has 1 aromatic rings. The molecule has 6 nitrogen and oxygen atoms in total. The number of fused-ring (bicyclic) bond motifs is 1. The van der Waals surface area contributed by atoms with Gasteiger partial charge in [-0.05, 0) is 25.0 Å². The first-order chi connectivity index (χ1) is 13.5. The van der Waals surface area contributed by atoms with E-state index in [4.69, 9.17) is 0 Å². The van der Waals surface area contributed by atoms with Gasteiger partial charge in [-0.15, -0.1) is 0 Å². The molecule has 0 saturated carbocycles. The molecule has 1 aromatic carbocycles. The van der Waals surface area contributed by atoms with Crippen LogP contribution in [0.2, 0.25) is 0 Å². The Kier molecular flexibility index (Phi) is 8.05. The quantitative estimate of drug-likeness (QED) is 0.788. The molecule has 2 N–H and O–H groups in total. The predicted molar refractivity (Wildman–Crippen MR) is 112 cm³/mol. The highest BCUT2D eigenvalue weighted by Gasteiger charge is 2.40. The molecular weight excluding hydrogens is 352 g/mol. The lowest BCUT2D eigenvalue weighted by atomic mass is 10.0. The van der Waals surface area contributed by atoms with Crippen molar-refractivity contribution < 1.29 is 9.59 Å². The molecule has 1 fully saturated rings. The molecule has 0 aromatic heterocycles. The van der Waals surface area contributed by atoms with E-state index in [0.717, 1.165) is 24.8 Å². The average Bonchev–Trinajstić information content (AvgIpc) is 3.14. The fourth-order valence-corrected chi connectivity index (χ4v) is 3.50. The Morgan fingerprint density at radius 2 is 1.93 bits per heavy atom. The molecule has 0 aliphatic carbocycles. The van der Waals surface area contributed by atoms with Gasteiger partial charge in [0.15, 0.2) is 0 Å². The van der Waals surface area contributed by atoms with Crippen LogP contribution < -0.4 is 10.7 Å². The smallest absolute Gasteiger partial charge is 0.272 e. The predicted octanol–water partition coefficient (Wildman–Crippen LogP) is 3.26. The lowest BCUT2D eigenvalue weighted by molar-refractivity contribution is -0.135. The normalized spacial score (nSPS) is 20.9. The van der Waals surface area contributed by atoms with E-state index in [-0.39, 0.29) is 30.6 Å². The second-order valence-electron chi connectivity index (χ2n) is 7.15. The maximum absolute atomic E-state index is 12.9. The van der Waals surface area contributed by atoms with Crippen molar-refractivity contribution in [1.82, 2.24) is 20.7 Å². The first kappa shape index (κ1) is 22.0. The Morgan fingerprint density at radius 3 is 2.54 bits per heavy atom. The van der Waals surface area contributed by atoms with Gasteiger partial charge in [-0.3, -0.25) is 14.6 Å². The Labute approximate surface area is 168 Å². The topological polar surface area (TPSA) is 64.7 Å². The number of piperazine rings is 1. The van der Waals surface area contributed by atoms with Gasteiger partial charge in [0.2, 0.25) is 5.91 Å². The third-order valence-corrected chi connectivity index (χ3v) is 5.01.